The summed E-state index contributed by atoms with van der Waals surface area (Å²) in [6.07, 6.45) is 8.47. The summed E-state index contributed by atoms with van der Waals surface area (Å²) in [5.74, 6) is 1.13. The van der Waals surface area contributed by atoms with E-state index in [2.05, 4.69) is 65.2 Å². The van der Waals surface area contributed by atoms with Gasteiger partial charge in [0.2, 0.25) is 8.32 Å². The number of hydrogen-bond donors (Lipinski definition) is 2. The van der Waals surface area contributed by atoms with E-state index in [1.165, 1.54) is 12.8 Å². The highest BCUT2D eigenvalue weighted by Crippen LogP contribution is 2.39. The van der Waals surface area contributed by atoms with Gasteiger partial charge in [-0.05, 0) is 71.2 Å². The van der Waals surface area contributed by atoms with Gasteiger partial charge in [0, 0.05) is 16.7 Å². The molecule has 0 saturated heterocycles. The summed E-state index contributed by atoms with van der Waals surface area (Å²) in [6, 6.07) is 8.07. The minimum atomic E-state index is -1.96. The van der Waals surface area contributed by atoms with E-state index in [1.54, 1.807) is 6.20 Å². The van der Waals surface area contributed by atoms with Crippen LogP contribution in [0.1, 0.15) is 52.0 Å². The molecule has 6 nitrogen and oxygen atoms in total. The quantitative estimate of drug-likeness (QED) is 0.185. The maximum Gasteiger partial charge on any atom is 0.250 e. The number of benzene rings is 1. The number of hydrogen-bond acceptors (Lipinski definition) is 4. The Labute approximate surface area is 216 Å². The molecule has 1 saturated carbocycles. The Kier molecular flexibility index (Phi) is 7.04. The third-order valence-corrected chi connectivity index (χ3v) is 12.0. The fourth-order valence-electron chi connectivity index (χ4n) is 3.92. The van der Waals surface area contributed by atoms with Crippen molar-refractivity contribution in [2.75, 3.05) is 5.32 Å². The lowest BCUT2D eigenvalue weighted by atomic mass is 10.1. The van der Waals surface area contributed by atoms with Crippen LogP contribution in [-0.2, 0) is 0 Å². The number of nitrogens with one attached hydrogen (secondary N) is 1. The number of aromatic nitrogens is 2. The van der Waals surface area contributed by atoms with E-state index in [-0.39, 0.29) is 5.04 Å². The normalized spacial score (nSPS) is 15.8. The standard InChI is InChI=1S/C25H33BrClN5OSi/c1-25(2,3)34(4,5)33-18-10-11-21(20(27)13-18)31-24(28)19-14-29-32-15-16(26)12-22(32)23(19)30-17-8-6-7-9-17/h10-15,17,30H,6-9H2,1-5H3,(H2,28,31). The van der Waals surface area contributed by atoms with Crippen molar-refractivity contribution in [2.45, 2.75) is 70.6 Å². The topological polar surface area (TPSA) is 76.9 Å². The van der Waals surface area contributed by atoms with Crippen LogP contribution < -0.4 is 15.5 Å². The van der Waals surface area contributed by atoms with Crippen LogP contribution in [0.2, 0.25) is 23.2 Å². The summed E-state index contributed by atoms with van der Waals surface area (Å²) in [4.78, 5) is 4.68. The predicted octanol–water partition coefficient (Wildman–Crippen LogP) is 7.53. The number of amidine groups is 1. The van der Waals surface area contributed by atoms with Gasteiger partial charge in [-0.25, -0.2) is 9.51 Å². The molecule has 1 fully saturated rings. The highest BCUT2D eigenvalue weighted by molar-refractivity contribution is 9.10. The minimum absolute atomic E-state index is 0.100. The van der Waals surface area contributed by atoms with E-state index < -0.39 is 8.32 Å². The molecule has 1 aliphatic rings. The molecule has 4 rings (SSSR count). The molecule has 34 heavy (non-hydrogen) atoms. The van der Waals surface area contributed by atoms with Crippen molar-refractivity contribution in [1.29, 1.82) is 0 Å². The third kappa shape index (κ3) is 5.29. The largest absolute Gasteiger partial charge is 0.543 e. The predicted molar refractivity (Wildman–Crippen MR) is 148 cm³/mol. The van der Waals surface area contributed by atoms with E-state index in [0.29, 0.717) is 22.6 Å². The number of aliphatic imine (C=N–C) groups is 1. The zero-order valence-electron chi connectivity index (χ0n) is 20.5. The first kappa shape index (κ1) is 25.1. The molecule has 0 bridgehead atoms. The number of nitrogens with zero attached hydrogens (tertiary/aromatic N) is 3. The number of rotatable bonds is 6. The van der Waals surface area contributed by atoms with Crippen molar-refractivity contribution >= 4 is 58.6 Å². The third-order valence-electron chi connectivity index (χ3n) is 6.92. The van der Waals surface area contributed by atoms with Gasteiger partial charge in [0.25, 0.3) is 0 Å². The van der Waals surface area contributed by atoms with Crippen LogP contribution >= 0.6 is 27.5 Å². The molecule has 1 aliphatic carbocycles. The van der Waals surface area contributed by atoms with Gasteiger partial charge in [0.1, 0.15) is 11.6 Å². The Hall–Kier alpha value is -2.03. The molecule has 1 aromatic carbocycles. The summed E-state index contributed by atoms with van der Waals surface area (Å²) in [5.41, 5.74) is 9.80. The van der Waals surface area contributed by atoms with Gasteiger partial charge in [-0.15, -0.1) is 0 Å². The van der Waals surface area contributed by atoms with Gasteiger partial charge in [0.05, 0.1) is 33.7 Å². The first-order valence-electron chi connectivity index (χ1n) is 11.7. The average molecular weight is 563 g/mol. The SMILES string of the molecule is CC(C)(C)[Si](C)(C)Oc1ccc(/N=C(\N)c2cnn3cc(Br)cc3c2NC2CCCC2)c(Cl)c1. The highest BCUT2D eigenvalue weighted by Gasteiger charge is 2.39. The number of nitrogens with two attached hydrogens (primary N) is 1. The van der Waals surface area contributed by atoms with E-state index in [0.717, 1.165) is 39.8 Å². The van der Waals surface area contributed by atoms with Gasteiger partial charge >= 0.3 is 0 Å². The summed E-state index contributed by atoms with van der Waals surface area (Å²) < 4.78 is 9.19. The fraction of sp³-hybridized carbons (Fsp3) is 0.440. The van der Waals surface area contributed by atoms with Gasteiger partial charge in [0.15, 0.2) is 0 Å². The fourth-order valence-corrected chi connectivity index (χ4v) is 5.57. The van der Waals surface area contributed by atoms with Crippen LogP contribution in [0.15, 0.2) is 46.1 Å². The molecule has 0 unspecified atom stereocenters. The highest BCUT2D eigenvalue weighted by atomic mass is 79.9. The molecule has 2 aromatic heterocycles. The molecule has 0 atom stereocenters. The molecule has 3 N–H and O–H groups in total. The first-order valence-corrected chi connectivity index (χ1v) is 15.8. The van der Waals surface area contributed by atoms with Crippen LogP contribution in [0.5, 0.6) is 5.75 Å². The number of fused-ring (bicyclic) bond motifs is 1. The monoisotopic (exact) mass is 561 g/mol. The first-order chi connectivity index (χ1) is 15.9. The second-order valence-corrected chi connectivity index (χ2v) is 16.6. The Morgan fingerprint density at radius 2 is 1.97 bits per heavy atom. The summed E-state index contributed by atoms with van der Waals surface area (Å²) in [5, 5.41) is 8.85. The Morgan fingerprint density at radius 3 is 2.62 bits per heavy atom. The number of anilines is 1. The van der Waals surface area contributed by atoms with E-state index >= 15 is 0 Å². The Bertz CT molecular complexity index is 1230. The van der Waals surface area contributed by atoms with Crippen molar-refractivity contribution < 1.29 is 4.43 Å². The van der Waals surface area contributed by atoms with Gasteiger partial charge < -0.3 is 15.5 Å². The molecule has 2 heterocycles. The second kappa shape index (κ2) is 9.55. The van der Waals surface area contributed by atoms with Gasteiger partial charge in [-0.3, -0.25) is 0 Å². The van der Waals surface area contributed by atoms with Crippen molar-refractivity contribution in [2.24, 2.45) is 10.7 Å². The van der Waals surface area contributed by atoms with Crippen molar-refractivity contribution in [3.05, 3.63) is 51.7 Å². The van der Waals surface area contributed by atoms with E-state index in [4.69, 9.17) is 21.8 Å². The summed E-state index contributed by atoms with van der Waals surface area (Å²) in [6.45, 7) is 11.1. The average Bonchev–Trinajstić information content (AvgIpc) is 3.38. The van der Waals surface area contributed by atoms with Crippen molar-refractivity contribution in [3.63, 3.8) is 0 Å². The van der Waals surface area contributed by atoms with Crippen molar-refractivity contribution in [3.8, 4) is 5.75 Å². The van der Waals surface area contributed by atoms with Gasteiger partial charge in [-0.2, -0.15) is 5.10 Å². The van der Waals surface area contributed by atoms with E-state index in [9.17, 15) is 0 Å². The molecule has 0 spiro atoms. The molecule has 3 aromatic rings. The van der Waals surface area contributed by atoms with Crippen LogP contribution in [-0.4, -0.2) is 29.8 Å². The smallest absolute Gasteiger partial charge is 0.250 e. The lowest BCUT2D eigenvalue weighted by Gasteiger charge is -2.36. The van der Waals surface area contributed by atoms with E-state index in [1.807, 2.05) is 35.0 Å². The molecular weight excluding hydrogens is 530 g/mol. The van der Waals surface area contributed by atoms with Crippen LogP contribution in [0.25, 0.3) is 5.52 Å². The summed E-state index contributed by atoms with van der Waals surface area (Å²) >= 11 is 10.2. The molecule has 9 heteroatoms. The number of halogens is 2. The van der Waals surface area contributed by atoms with Crippen LogP contribution in [0, 0.1) is 0 Å². The van der Waals surface area contributed by atoms with Gasteiger partial charge in [-0.1, -0.05) is 45.2 Å². The molecular formula is C25H33BrClN5OSi. The summed E-state index contributed by atoms with van der Waals surface area (Å²) in [7, 11) is -1.96. The maximum absolute atomic E-state index is 6.61. The van der Waals surface area contributed by atoms with Crippen LogP contribution in [0.4, 0.5) is 11.4 Å². The Morgan fingerprint density at radius 1 is 1.26 bits per heavy atom. The van der Waals surface area contributed by atoms with Crippen LogP contribution in [0.3, 0.4) is 0 Å². The molecule has 182 valence electrons. The lowest BCUT2D eigenvalue weighted by Crippen LogP contribution is -2.43. The van der Waals surface area contributed by atoms with Crippen molar-refractivity contribution in [1.82, 2.24) is 9.61 Å². The second-order valence-electron chi connectivity index (χ2n) is 10.5. The maximum atomic E-state index is 6.61. The Balaban J connectivity index is 1.67. The zero-order valence-corrected chi connectivity index (χ0v) is 23.8. The lowest BCUT2D eigenvalue weighted by molar-refractivity contribution is 0.492. The molecule has 0 amide bonds. The molecule has 0 aliphatic heterocycles. The minimum Gasteiger partial charge on any atom is -0.543 e. The molecule has 0 radical (unpaired) electrons. The zero-order chi connectivity index (χ0) is 24.7.